The molecule has 3 nitrogen and oxygen atoms in total. The number of benzene rings is 1. The summed E-state index contributed by atoms with van der Waals surface area (Å²) in [7, 11) is 2.08. The molecule has 0 heterocycles. The van der Waals surface area contributed by atoms with Crippen molar-refractivity contribution in [1.82, 2.24) is 4.90 Å². The van der Waals surface area contributed by atoms with Crippen LogP contribution in [-0.2, 0) is 6.54 Å². The summed E-state index contributed by atoms with van der Waals surface area (Å²) in [5.41, 5.74) is 12.7. The van der Waals surface area contributed by atoms with E-state index >= 15 is 0 Å². The van der Waals surface area contributed by atoms with Crippen LogP contribution in [0, 0.1) is 0 Å². The Hall–Kier alpha value is -0.550. The molecule has 0 fully saturated rings. The van der Waals surface area contributed by atoms with Crippen LogP contribution in [0.1, 0.15) is 19.4 Å². The Bertz CT molecular complexity index is 337. The van der Waals surface area contributed by atoms with Crippen molar-refractivity contribution < 1.29 is 0 Å². The van der Waals surface area contributed by atoms with Crippen LogP contribution in [0.15, 0.2) is 29.2 Å². The fourth-order valence-corrected chi connectivity index (χ4v) is 2.63. The number of thioether (sulfide) groups is 1. The smallest absolute Gasteiger partial charge is 0.0292 e. The van der Waals surface area contributed by atoms with Crippen LogP contribution >= 0.6 is 11.8 Å². The third kappa shape index (κ3) is 5.87. The molecule has 0 aromatic heterocycles. The second-order valence-electron chi connectivity index (χ2n) is 5.00. The van der Waals surface area contributed by atoms with Crippen molar-refractivity contribution in [3.8, 4) is 0 Å². The molecule has 1 unspecified atom stereocenters. The Balaban J connectivity index is 2.47. The second-order valence-corrected chi connectivity index (χ2v) is 6.65. The lowest BCUT2D eigenvalue weighted by atomic mass is 10.2. The van der Waals surface area contributed by atoms with E-state index in [1.54, 1.807) is 0 Å². The molecular weight excluding hydrogens is 242 g/mol. The Labute approximate surface area is 115 Å². The zero-order valence-electron chi connectivity index (χ0n) is 11.6. The van der Waals surface area contributed by atoms with Gasteiger partial charge in [-0.1, -0.05) is 26.0 Å². The zero-order valence-corrected chi connectivity index (χ0v) is 12.4. The quantitative estimate of drug-likeness (QED) is 0.741. The van der Waals surface area contributed by atoms with Crippen LogP contribution in [0.2, 0.25) is 0 Å². The molecule has 0 aliphatic rings. The fourth-order valence-electron chi connectivity index (χ4n) is 1.80. The first-order valence-electron chi connectivity index (χ1n) is 6.41. The number of likely N-dealkylation sites (N-methyl/N-ethyl adjacent to an activating group) is 1. The summed E-state index contributed by atoms with van der Waals surface area (Å²) in [5, 5.41) is 0.626. The molecule has 0 amide bonds. The van der Waals surface area contributed by atoms with Crippen LogP contribution in [0.4, 0.5) is 0 Å². The van der Waals surface area contributed by atoms with Gasteiger partial charge in [0.1, 0.15) is 0 Å². The summed E-state index contributed by atoms with van der Waals surface area (Å²) < 4.78 is 0. The third-order valence-corrected chi connectivity index (χ3v) is 3.61. The molecule has 18 heavy (non-hydrogen) atoms. The van der Waals surface area contributed by atoms with Gasteiger partial charge in [0.25, 0.3) is 0 Å². The molecule has 4 heteroatoms. The maximum absolute atomic E-state index is 5.84. The summed E-state index contributed by atoms with van der Waals surface area (Å²) in [6, 6.07) is 8.82. The largest absolute Gasteiger partial charge is 0.329 e. The van der Waals surface area contributed by atoms with Crippen LogP contribution < -0.4 is 11.5 Å². The van der Waals surface area contributed by atoms with Gasteiger partial charge < -0.3 is 16.4 Å². The van der Waals surface area contributed by atoms with Gasteiger partial charge in [-0.2, -0.15) is 0 Å². The normalized spacial score (nSPS) is 13.3. The molecule has 0 saturated carbocycles. The molecule has 0 aliphatic heterocycles. The molecule has 4 N–H and O–H groups in total. The molecular formula is C14H25N3S. The second kappa shape index (κ2) is 7.79. The summed E-state index contributed by atoms with van der Waals surface area (Å²) in [4.78, 5) is 3.54. The van der Waals surface area contributed by atoms with E-state index in [1.807, 2.05) is 11.8 Å². The number of hydrogen-bond donors (Lipinski definition) is 2. The maximum Gasteiger partial charge on any atom is 0.0292 e. The molecule has 102 valence electrons. The molecule has 0 radical (unpaired) electrons. The SMILES string of the molecule is CC(C)Sc1ccc(CN(C)CC(N)CN)cc1. The van der Waals surface area contributed by atoms with Crippen molar-refractivity contribution in [1.29, 1.82) is 0 Å². The van der Waals surface area contributed by atoms with Crippen LogP contribution in [0.5, 0.6) is 0 Å². The first-order chi connectivity index (χ1) is 8.51. The van der Waals surface area contributed by atoms with Crippen molar-refractivity contribution in [3.05, 3.63) is 29.8 Å². The van der Waals surface area contributed by atoms with Crippen LogP contribution in [-0.4, -0.2) is 36.3 Å². The van der Waals surface area contributed by atoms with Crippen molar-refractivity contribution in [2.75, 3.05) is 20.1 Å². The van der Waals surface area contributed by atoms with E-state index in [0.29, 0.717) is 11.8 Å². The molecule has 1 atom stereocenters. The molecule has 1 rings (SSSR count). The van der Waals surface area contributed by atoms with Crippen molar-refractivity contribution in [2.45, 2.75) is 36.6 Å². The van der Waals surface area contributed by atoms with Gasteiger partial charge in [0.05, 0.1) is 0 Å². The van der Waals surface area contributed by atoms with Crippen molar-refractivity contribution >= 4 is 11.8 Å². The van der Waals surface area contributed by atoms with Gasteiger partial charge in [0, 0.05) is 35.8 Å². The van der Waals surface area contributed by atoms with E-state index in [2.05, 4.69) is 50.1 Å². The minimum atomic E-state index is 0.0609. The molecule has 0 aliphatic carbocycles. The predicted molar refractivity (Wildman–Crippen MR) is 80.8 cm³/mol. The highest BCUT2D eigenvalue weighted by molar-refractivity contribution is 7.99. The van der Waals surface area contributed by atoms with E-state index < -0.39 is 0 Å². The lowest BCUT2D eigenvalue weighted by Gasteiger charge is -2.20. The van der Waals surface area contributed by atoms with Gasteiger partial charge in [0.15, 0.2) is 0 Å². The zero-order chi connectivity index (χ0) is 13.5. The fraction of sp³-hybridized carbons (Fsp3) is 0.571. The van der Waals surface area contributed by atoms with Gasteiger partial charge in [0.2, 0.25) is 0 Å². The van der Waals surface area contributed by atoms with E-state index in [1.165, 1.54) is 10.5 Å². The molecule has 1 aromatic carbocycles. The van der Waals surface area contributed by atoms with E-state index in [-0.39, 0.29) is 6.04 Å². The third-order valence-electron chi connectivity index (χ3n) is 2.60. The molecule has 0 spiro atoms. The maximum atomic E-state index is 5.84. The minimum Gasteiger partial charge on any atom is -0.329 e. The van der Waals surface area contributed by atoms with Crippen molar-refractivity contribution in [2.24, 2.45) is 11.5 Å². The number of rotatable bonds is 7. The van der Waals surface area contributed by atoms with Gasteiger partial charge in [-0.05, 0) is 24.7 Å². The number of nitrogens with zero attached hydrogens (tertiary/aromatic N) is 1. The number of hydrogen-bond acceptors (Lipinski definition) is 4. The summed E-state index contributed by atoms with van der Waals surface area (Å²) in [5.74, 6) is 0. The predicted octanol–water partition coefficient (Wildman–Crippen LogP) is 1.90. The standard InChI is InChI=1S/C14H25N3S/c1-11(2)18-14-6-4-12(5-7-14)9-17(3)10-13(16)8-15/h4-7,11,13H,8-10,15-16H2,1-3H3. The summed E-state index contributed by atoms with van der Waals surface area (Å²) >= 11 is 1.89. The highest BCUT2D eigenvalue weighted by atomic mass is 32.2. The van der Waals surface area contributed by atoms with Gasteiger partial charge >= 0.3 is 0 Å². The average Bonchev–Trinajstić information content (AvgIpc) is 2.30. The van der Waals surface area contributed by atoms with Crippen LogP contribution in [0.3, 0.4) is 0 Å². The Morgan fingerprint density at radius 2 is 1.83 bits per heavy atom. The highest BCUT2D eigenvalue weighted by Crippen LogP contribution is 2.23. The molecule has 0 saturated heterocycles. The van der Waals surface area contributed by atoms with Gasteiger partial charge in [-0.15, -0.1) is 11.8 Å². The summed E-state index contributed by atoms with van der Waals surface area (Å²) in [6.07, 6.45) is 0. The Morgan fingerprint density at radius 1 is 1.22 bits per heavy atom. The summed E-state index contributed by atoms with van der Waals surface area (Å²) in [6.45, 7) is 6.70. The molecule has 0 bridgehead atoms. The first-order valence-corrected chi connectivity index (χ1v) is 7.29. The Morgan fingerprint density at radius 3 is 2.33 bits per heavy atom. The monoisotopic (exact) mass is 267 g/mol. The minimum absolute atomic E-state index is 0.0609. The van der Waals surface area contributed by atoms with Gasteiger partial charge in [-0.25, -0.2) is 0 Å². The topological polar surface area (TPSA) is 55.3 Å². The average molecular weight is 267 g/mol. The van der Waals surface area contributed by atoms with Crippen LogP contribution in [0.25, 0.3) is 0 Å². The molecule has 1 aromatic rings. The Kier molecular flexibility index (Phi) is 6.71. The first kappa shape index (κ1) is 15.5. The van der Waals surface area contributed by atoms with Gasteiger partial charge in [-0.3, -0.25) is 0 Å². The van der Waals surface area contributed by atoms with E-state index in [9.17, 15) is 0 Å². The van der Waals surface area contributed by atoms with E-state index in [4.69, 9.17) is 11.5 Å². The lowest BCUT2D eigenvalue weighted by Crippen LogP contribution is -2.40. The van der Waals surface area contributed by atoms with Crippen molar-refractivity contribution in [3.63, 3.8) is 0 Å². The van der Waals surface area contributed by atoms with E-state index in [0.717, 1.165) is 13.1 Å². The number of nitrogens with two attached hydrogens (primary N) is 2. The highest BCUT2D eigenvalue weighted by Gasteiger charge is 2.06. The lowest BCUT2D eigenvalue weighted by molar-refractivity contribution is 0.305.